The Balaban J connectivity index is 1.46. The summed E-state index contributed by atoms with van der Waals surface area (Å²) in [5, 5.41) is 0. The van der Waals surface area contributed by atoms with E-state index in [0.717, 1.165) is 47.9 Å². The van der Waals surface area contributed by atoms with E-state index in [1.807, 2.05) is 141 Å². The lowest BCUT2D eigenvalue weighted by atomic mass is 9.88. The zero-order chi connectivity index (χ0) is 38.7. The first-order valence-corrected chi connectivity index (χ1v) is 19.7. The number of benzene rings is 4. The fourth-order valence-corrected chi connectivity index (χ4v) is 6.61. The van der Waals surface area contributed by atoms with Gasteiger partial charge in [0.15, 0.2) is 0 Å². The van der Waals surface area contributed by atoms with Crippen LogP contribution in [0.4, 0.5) is 0 Å². The van der Waals surface area contributed by atoms with Crippen LogP contribution in [-0.4, -0.2) is 43.3 Å². The monoisotopic (exact) mass is 746 g/mol. The first-order valence-electron chi connectivity index (χ1n) is 19.7. The predicted octanol–water partition coefficient (Wildman–Crippen LogP) is 10.3. The summed E-state index contributed by atoms with van der Waals surface area (Å²) in [6, 6.07) is 39.9. The highest BCUT2D eigenvalue weighted by atomic mass is 16.7. The smallest absolute Gasteiger partial charge is 0.309 e. The second-order valence-corrected chi connectivity index (χ2v) is 14.9. The van der Waals surface area contributed by atoms with E-state index < -0.39 is 42.1 Å². The van der Waals surface area contributed by atoms with Crippen LogP contribution in [0, 0.1) is 5.41 Å². The van der Waals surface area contributed by atoms with E-state index >= 15 is 0 Å². The molecule has 1 saturated heterocycles. The number of hydrogen-bond donors (Lipinski definition) is 0. The normalized spacial score (nSPS) is 19.7. The molecule has 0 saturated carbocycles. The fraction of sp³-hybridized carbons (Fsp3) is 0.417. The first kappa shape index (κ1) is 41.8. The zero-order valence-corrected chi connectivity index (χ0v) is 32.9. The van der Waals surface area contributed by atoms with Crippen LogP contribution in [0.2, 0.25) is 0 Å². The Morgan fingerprint density at radius 1 is 0.636 bits per heavy atom. The molecule has 1 heterocycles. The molecule has 0 bridgehead atoms. The summed E-state index contributed by atoms with van der Waals surface area (Å²) in [5.74, 6) is -0.400. The van der Waals surface area contributed by atoms with Crippen LogP contribution >= 0.6 is 0 Å². The molecule has 4 aromatic carbocycles. The van der Waals surface area contributed by atoms with Crippen LogP contribution in [0.1, 0.15) is 82.1 Å². The second-order valence-electron chi connectivity index (χ2n) is 14.9. The standard InChI is InChI=1S/C48H58O7/c1-5-19-37(20-6-2)29-30-48(3,4)31-43(49)55-47-46(53-35-41-27-17-10-18-28-41)45(52-34-40-25-15-9-16-26-40)44(51-33-39-23-13-8-14-24-39)42(54-47)36-50-32-38-21-11-7-12-22-38/h7-18,21-28,30,42,44-47H,5-6,19-20,31-36H2,1-4H3/t42-,44+,45+,46-,47?/m1/s1. The molecule has 4 aromatic rings. The minimum Gasteiger partial charge on any atom is -0.433 e. The lowest BCUT2D eigenvalue weighted by Gasteiger charge is -2.45. The number of hydrogen-bond acceptors (Lipinski definition) is 7. The molecular formula is C48H58O7. The third kappa shape index (κ3) is 14.0. The van der Waals surface area contributed by atoms with Gasteiger partial charge in [-0.2, -0.15) is 0 Å². The van der Waals surface area contributed by atoms with Gasteiger partial charge in [-0.1, -0.05) is 162 Å². The van der Waals surface area contributed by atoms with E-state index in [2.05, 4.69) is 19.6 Å². The average molecular weight is 747 g/mol. The van der Waals surface area contributed by atoms with Gasteiger partial charge in [0.05, 0.1) is 39.5 Å². The van der Waals surface area contributed by atoms with Gasteiger partial charge >= 0.3 is 5.97 Å². The maximum atomic E-state index is 13.9. The molecule has 7 heteroatoms. The van der Waals surface area contributed by atoms with Gasteiger partial charge in [0.2, 0.25) is 6.29 Å². The molecule has 0 aliphatic carbocycles. The summed E-state index contributed by atoms with van der Waals surface area (Å²) in [4.78, 5) is 13.9. The lowest BCUT2D eigenvalue weighted by Crippen LogP contribution is -2.62. The first-order chi connectivity index (χ1) is 26.8. The molecule has 1 aliphatic heterocycles. The minimum atomic E-state index is -1.09. The zero-order valence-electron chi connectivity index (χ0n) is 32.9. The van der Waals surface area contributed by atoms with Crippen molar-refractivity contribution in [2.45, 2.75) is 117 Å². The van der Waals surface area contributed by atoms with E-state index in [0.29, 0.717) is 19.8 Å². The molecule has 5 rings (SSSR count). The summed E-state index contributed by atoms with van der Waals surface area (Å²) in [6.45, 7) is 9.83. The largest absolute Gasteiger partial charge is 0.433 e. The lowest BCUT2D eigenvalue weighted by molar-refractivity contribution is -0.320. The van der Waals surface area contributed by atoms with E-state index in [-0.39, 0.29) is 19.6 Å². The van der Waals surface area contributed by atoms with Crippen molar-refractivity contribution >= 4 is 5.97 Å². The topological polar surface area (TPSA) is 72.5 Å². The summed E-state index contributed by atoms with van der Waals surface area (Å²) in [5.41, 5.74) is 8.29. The maximum Gasteiger partial charge on any atom is 0.309 e. The number of carbonyl (C=O) groups excluding carboxylic acids is 1. The number of carbonyl (C=O) groups is 1. The Bertz CT molecular complexity index is 1730. The highest BCUT2D eigenvalue weighted by molar-refractivity contribution is 5.70. The van der Waals surface area contributed by atoms with Crippen molar-refractivity contribution < 1.29 is 33.2 Å². The third-order valence-corrected chi connectivity index (χ3v) is 9.46. The van der Waals surface area contributed by atoms with Crippen LogP contribution in [0.15, 0.2) is 139 Å². The van der Waals surface area contributed by atoms with Crippen LogP contribution in [0.5, 0.6) is 0 Å². The van der Waals surface area contributed by atoms with Crippen molar-refractivity contribution in [2.75, 3.05) is 6.61 Å². The van der Waals surface area contributed by atoms with Crippen molar-refractivity contribution in [3.8, 4) is 0 Å². The number of allylic oxidation sites excluding steroid dienone is 1. The Morgan fingerprint density at radius 2 is 1.07 bits per heavy atom. The third-order valence-electron chi connectivity index (χ3n) is 9.46. The number of esters is 1. The van der Waals surface area contributed by atoms with Crippen LogP contribution in [-0.2, 0) is 59.6 Å². The van der Waals surface area contributed by atoms with Crippen molar-refractivity contribution in [3.63, 3.8) is 0 Å². The van der Waals surface area contributed by atoms with Crippen molar-refractivity contribution in [2.24, 2.45) is 5.41 Å². The molecule has 1 unspecified atom stereocenters. The van der Waals surface area contributed by atoms with Gasteiger partial charge in [0.25, 0.3) is 0 Å². The number of ether oxygens (including phenoxy) is 6. The van der Waals surface area contributed by atoms with Gasteiger partial charge in [-0.05, 0) is 46.7 Å². The second kappa shape index (κ2) is 22.3. The van der Waals surface area contributed by atoms with E-state index in [1.54, 1.807) is 0 Å². The molecular weight excluding hydrogens is 689 g/mol. The van der Waals surface area contributed by atoms with E-state index in [9.17, 15) is 4.79 Å². The average Bonchev–Trinajstić information content (AvgIpc) is 3.20. The molecule has 5 atom stereocenters. The predicted molar refractivity (Wildman–Crippen MR) is 216 cm³/mol. The van der Waals surface area contributed by atoms with Crippen LogP contribution < -0.4 is 0 Å². The van der Waals surface area contributed by atoms with Crippen molar-refractivity contribution in [1.29, 1.82) is 0 Å². The number of rotatable bonds is 21. The molecule has 55 heavy (non-hydrogen) atoms. The van der Waals surface area contributed by atoms with Gasteiger partial charge < -0.3 is 28.4 Å². The minimum absolute atomic E-state index is 0.134. The van der Waals surface area contributed by atoms with Gasteiger partial charge in [-0.3, -0.25) is 4.79 Å². The Labute approximate surface area is 328 Å². The molecule has 0 N–H and O–H groups in total. The van der Waals surface area contributed by atoms with Gasteiger partial charge in [-0.15, -0.1) is 5.73 Å². The Kier molecular flexibility index (Phi) is 16.9. The van der Waals surface area contributed by atoms with Crippen molar-refractivity contribution in [3.05, 3.63) is 161 Å². The molecule has 0 radical (unpaired) electrons. The summed E-state index contributed by atoms with van der Waals surface area (Å²) < 4.78 is 39.5. The highest BCUT2D eigenvalue weighted by Gasteiger charge is 2.50. The quantitative estimate of drug-likeness (QED) is 0.0621. The molecule has 7 nitrogen and oxygen atoms in total. The summed E-state index contributed by atoms with van der Waals surface area (Å²) in [7, 11) is 0. The van der Waals surface area contributed by atoms with Gasteiger partial charge in [0, 0.05) is 5.41 Å². The summed E-state index contributed by atoms with van der Waals surface area (Å²) in [6.07, 6.45) is 2.37. The Morgan fingerprint density at radius 3 is 1.55 bits per heavy atom. The van der Waals surface area contributed by atoms with Crippen LogP contribution in [0.25, 0.3) is 0 Å². The molecule has 0 spiro atoms. The van der Waals surface area contributed by atoms with Gasteiger partial charge in [0.1, 0.15) is 24.4 Å². The van der Waals surface area contributed by atoms with Gasteiger partial charge in [-0.25, -0.2) is 0 Å². The molecule has 0 amide bonds. The molecule has 1 aliphatic rings. The molecule has 1 fully saturated rings. The van der Waals surface area contributed by atoms with Crippen LogP contribution in [0.3, 0.4) is 0 Å². The highest BCUT2D eigenvalue weighted by Crippen LogP contribution is 2.33. The summed E-state index contributed by atoms with van der Waals surface area (Å²) >= 11 is 0. The molecule has 0 aromatic heterocycles. The van der Waals surface area contributed by atoms with Crippen molar-refractivity contribution in [1.82, 2.24) is 0 Å². The van der Waals surface area contributed by atoms with E-state index in [1.165, 1.54) is 5.57 Å². The fourth-order valence-electron chi connectivity index (χ4n) is 6.61. The maximum absolute atomic E-state index is 13.9. The van der Waals surface area contributed by atoms with E-state index in [4.69, 9.17) is 28.4 Å². The SMILES string of the molecule is CCCC(=C=CC(C)(C)CC(=O)OC1O[C@H](COCc2ccccc2)[C@H](OCc2ccccc2)[C@H](OCc2ccccc2)[C@H]1OCc1ccccc1)CCC. The Hall–Kier alpha value is -4.33. The molecule has 292 valence electrons.